The molecule has 84 valence electrons. The fraction of sp³-hybridized carbons (Fsp3) is 0.500. The van der Waals surface area contributed by atoms with Gasteiger partial charge in [0.1, 0.15) is 0 Å². The molecule has 0 aliphatic carbocycles. The zero-order valence-electron chi connectivity index (χ0n) is 9.28. The Morgan fingerprint density at radius 1 is 1.60 bits per heavy atom. The van der Waals surface area contributed by atoms with Crippen molar-refractivity contribution in [2.24, 2.45) is 0 Å². The second-order valence-electron chi connectivity index (χ2n) is 3.49. The van der Waals surface area contributed by atoms with Crippen molar-refractivity contribution in [2.45, 2.75) is 6.92 Å². The van der Waals surface area contributed by atoms with Crippen LogP contribution in [-0.2, 0) is 4.79 Å². The number of nitrogens with zero attached hydrogens (tertiary/aromatic N) is 2. The van der Waals surface area contributed by atoms with E-state index < -0.39 is 0 Å². The lowest BCUT2D eigenvalue weighted by molar-refractivity contribution is -0.124. The highest BCUT2D eigenvalue weighted by atomic mass is 32.2. The van der Waals surface area contributed by atoms with E-state index in [2.05, 4.69) is 6.58 Å². The van der Waals surface area contributed by atoms with Crippen molar-refractivity contribution in [3.05, 3.63) is 22.2 Å². The Balaban J connectivity index is 2.91. The molecule has 0 fully saturated rings. The van der Waals surface area contributed by atoms with Gasteiger partial charge in [0.2, 0.25) is 0 Å². The van der Waals surface area contributed by atoms with Crippen molar-refractivity contribution in [3.8, 4) is 0 Å². The molecule has 4 nitrogen and oxygen atoms in total. The van der Waals surface area contributed by atoms with Gasteiger partial charge in [0, 0.05) is 26.3 Å². The summed E-state index contributed by atoms with van der Waals surface area (Å²) < 4.78 is 0. The van der Waals surface area contributed by atoms with Gasteiger partial charge in [0.05, 0.1) is 16.5 Å². The molecule has 1 aliphatic rings. The predicted octanol–water partition coefficient (Wildman–Crippen LogP) is 0.818. The molecule has 1 heterocycles. The predicted molar refractivity (Wildman–Crippen MR) is 61.9 cm³/mol. The van der Waals surface area contributed by atoms with E-state index in [9.17, 15) is 4.79 Å². The van der Waals surface area contributed by atoms with E-state index >= 15 is 0 Å². The summed E-state index contributed by atoms with van der Waals surface area (Å²) in [6, 6.07) is 0. The van der Waals surface area contributed by atoms with Crippen molar-refractivity contribution in [1.29, 1.82) is 0 Å². The van der Waals surface area contributed by atoms with Crippen molar-refractivity contribution >= 4 is 17.7 Å². The third kappa shape index (κ3) is 2.35. The molecule has 1 rings (SSSR count). The minimum Gasteiger partial charge on any atom is -0.395 e. The third-order valence-corrected chi connectivity index (χ3v) is 3.31. The molecular weight excluding hydrogens is 212 g/mol. The molecule has 1 N–H and O–H groups in total. The summed E-state index contributed by atoms with van der Waals surface area (Å²) in [5, 5.41) is 9.68. The van der Waals surface area contributed by atoms with Crippen LogP contribution in [0.5, 0.6) is 0 Å². The highest BCUT2D eigenvalue weighted by Crippen LogP contribution is 2.40. The summed E-state index contributed by atoms with van der Waals surface area (Å²) >= 11 is 1.37. The van der Waals surface area contributed by atoms with Gasteiger partial charge >= 0.3 is 0 Å². The van der Waals surface area contributed by atoms with E-state index in [4.69, 9.17) is 5.11 Å². The molecule has 0 aromatic carbocycles. The normalized spacial score (nSPS) is 16.3. The highest BCUT2D eigenvalue weighted by molar-refractivity contribution is 8.07. The van der Waals surface area contributed by atoms with E-state index in [0.29, 0.717) is 11.4 Å². The number of carbonyl (C=O) groups excluding carboxylic acids is 1. The van der Waals surface area contributed by atoms with Crippen LogP contribution in [0, 0.1) is 0 Å². The molecule has 0 spiro atoms. The minimum absolute atomic E-state index is 0.0147. The maximum atomic E-state index is 11.8. The molecule has 0 aromatic heterocycles. The first kappa shape index (κ1) is 12.1. The van der Waals surface area contributed by atoms with Gasteiger partial charge in [-0.2, -0.15) is 0 Å². The lowest BCUT2D eigenvalue weighted by atomic mass is 10.3. The lowest BCUT2D eigenvalue weighted by Crippen LogP contribution is -2.24. The van der Waals surface area contributed by atoms with Crippen LogP contribution >= 0.6 is 11.8 Å². The zero-order chi connectivity index (χ0) is 11.6. The fourth-order valence-electron chi connectivity index (χ4n) is 1.35. The monoisotopic (exact) mass is 228 g/mol. The summed E-state index contributed by atoms with van der Waals surface area (Å²) in [4.78, 5) is 15.9. The lowest BCUT2D eigenvalue weighted by Gasteiger charge is -2.18. The Labute approximate surface area is 94.2 Å². The molecule has 0 aromatic rings. The van der Waals surface area contributed by atoms with Gasteiger partial charge in [0.15, 0.2) is 0 Å². The van der Waals surface area contributed by atoms with Gasteiger partial charge in [-0.15, -0.1) is 0 Å². The molecule has 0 saturated carbocycles. The van der Waals surface area contributed by atoms with Gasteiger partial charge in [-0.25, -0.2) is 0 Å². The smallest absolute Gasteiger partial charge is 0.261 e. The summed E-state index contributed by atoms with van der Waals surface area (Å²) in [7, 11) is 3.45. The number of likely N-dealkylation sites (N-methyl/N-ethyl adjacent to an activating group) is 1. The van der Waals surface area contributed by atoms with E-state index in [-0.39, 0.29) is 12.5 Å². The van der Waals surface area contributed by atoms with Crippen molar-refractivity contribution < 1.29 is 9.90 Å². The minimum atomic E-state index is -0.0147. The van der Waals surface area contributed by atoms with Crippen LogP contribution in [0.1, 0.15) is 6.92 Å². The molecule has 0 atom stereocenters. The fourth-order valence-corrected chi connectivity index (χ4v) is 2.45. The number of thioether (sulfide) groups is 1. The number of rotatable bonds is 3. The van der Waals surface area contributed by atoms with Crippen molar-refractivity contribution in [1.82, 2.24) is 9.80 Å². The first-order chi connectivity index (χ1) is 6.99. The Bertz CT molecular complexity index is 323. The molecule has 0 saturated heterocycles. The number of allylic oxidation sites excluding steroid dienone is 1. The summed E-state index contributed by atoms with van der Waals surface area (Å²) in [5.41, 5.74) is 0.873. The van der Waals surface area contributed by atoms with E-state index in [1.807, 2.05) is 11.8 Å². The largest absolute Gasteiger partial charge is 0.395 e. The molecule has 15 heavy (non-hydrogen) atoms. The van der Waals surface area contributed by atoms with Crippen LogP contribution in [0.4, 0.5) is 0 Å². The SMILES string of the molecule is C=C1SC(C(=O)N(C)C)=C(C)N1CCO. The Morgan fingerprint density at radius 3 is 2.67 bits per heavy atom. The number of carbonyl (C=O) groups is 1. The topological polar surface area (TPSA) is 43.8 Å². The maximum absolute atomic E-state index is 11.8. The standard InChI is InChI=1S/C10H16N2O2S/c1-7-9(10(14)11(3)4)15-8(2)12(7)5-6-13/h13H,2,5-6H2,1,3-4H3. The zero-order valence-corrected chi connectivity index (χ0v) is 10.1. The first-order valence-electron chi connectivity index (χ1n) is 4.66. The van der Waals surface area contributed by atoms with Gasteiger partial charge in [-0.3, -0.25) is 4.79 Å². The van der Waals surface area contributed by atoms with Crippen molar-refractivity contribution in [3.63, 3.8) is 0 Å². The number of hydrogen-bond acceptors (Lipinski definition) is 4. The number of β-amino-alcohol motifs (C(OH)–C–C–N with tert-alkyl or cyclic N) is 1. The van der Waals surface area contributed by atoms with Crippen LogP contribution in [0.25, 0.3) is 0 Å². The first-order valence-corrected chi connectivity index (χ1v) is 5.48. The maximum Gasteiger partial charge on any atom is 0.261 e. The molecule has 5 heteroatoms. The van der Waals surface area contributed by atoms with Crippen LogP contribution in [0.2, 0.25) is 0 Å². The number of amides is 1. The summed E-state index contributed by atoms with van der Waals surface area (Å²) in [6.07, 6.45) is 0. The van der Waals surface area contributed by atoms with Crippen LogP contribution in [0.15, 0.2) is 22.2 Å². The van der Waals surface area contributed by atoms with E-state index in [1.165, 1.54) is 11.8 Å². The average Bonchev–Trinajstić information content (AvgIpc) is 2.45. The van der Waals surface area contributed by atoms with E-state index in [1.54, 1.807) is 19.0 Å². The number of hydrogen-bond donors (Lipinski definition) is 1. The summed E-state index contributed by atoms with van der Waals surface area (Å²) in [5.74, 6) is -0.0147. The quantitative estimate of drug-likeness (QED) is 0.776. The Morgan fingerprint density at radius 2 is 2.20 bits per heavy atom. The number of aliphatic hydroxyl groups is 1. The molecule has 0 bridgehead atoms. The average molecular weight is 228 g/mol. The van der Waals surface area contributed by atoms with Crippen LogP contribution in [-0.4, -0.2) is 48.1 Å². The second-order valence-corrected chi connectivity index (χ2v) is 4.57. The van der Waals surface area contributed by atoms with Crippen LogP contribution < -0.4 is 0 Å². The number of aliphatic hydroxyl groups excluding tert-OH is 1. The highest BCUT2D eigenvalue weighted by Gasteiger charge is 2.28. The Hall–Kier alpha value is -0.940. The molecular formula is C10H16N2O2S. The molecule has 1 amide bonds. The molecule has 1 aliphatic heterocycles. The molecule has 0 radical (unpaired) electrons. The van der Waals surface area contributed by atoms with Crippen LogP contribution in [0.3, 0.4) is 0 Å². The summed E-state index contributed by atoms with van der Waals surface area (Å²) in [6.45, 7) is 6.28. The molecule has 0 unspecified atom stereocenters. The Kier molecular flexibility index (Phi) is 3.82. The van der Waals surface area contributed by atoms with Crippen molar-refractivity contribution in [2.75, 3.05) is 27.2 Å². The van der Waals surface area contributed by atoms with Gasteiger partial charge in [-0.05, 0) is 6.92 Å². The van der Waals surface area contributed by atoms with E-state index in [0.717, 1.165) is 10.7 Å². The van der Waals surface area contributed by atoms with Gasteiger partial charge in [0.25, 0.3) is 5.91 Å². The third-order valence-electron chi connectivity index (χ3n) is 2.18. The second kappa shape index (κ2) is 4.72. The van der Waals surface area contributed by atoms with Gasteiger partial charge in [-0.1, -0.05) is 18.3 Å². The van der Waals surface area contributed by atoms with Gasteiger partial charge < -0.3 is 14.9 Å².